The summed E-state index contributed by atoms with van der Waals surface area (Å²) in [6.07, 6.45) is 4.97. The summed E-state index contributed by atoms with van der Waals surface area (Å²) in [7, 11) is 0. The lowest BCUT2D eigenvalue weighted by Gasteiger charge is -2.53. The Bertz CT molecular complexity index is 2840. The second-order valence-electron chi connectivity index (χ2n) is 20.2. The quantitative estimate of drug-likeness (QED) is 0.162. The van der Waals surface area contributed by atoms with Crippen LogP contribution in [0.25, 0.3) is 42.4 Å². The maximum absolute atomic E-state index is 2.89. The molecule has 4 heterocycles. The zero-order valence-electron chi connectivity index (χ0n) is 35.1. The molecule has 11 rings (SSSR count). The molecule has 1 saturated carbocycles. The molecule has 1 aliphatic carbocycles. The summed E-state index contributed by atoms with van der Waals surface area (Å²) in [5, 5.41) is 2.75. The molecule has 2 nitrogen and oxygen atoms in total. The van der Waals surface area contributed by atoms with Crippen LogP contribution < -0.4 is 20.6 Å². The largest absolute Gasteiger partial charge is 0.376 e. The Labute approximate surface area is 343 Å². The summed E-state index contributed by atoms with van der Waals surface area (Å²) >= 11 is 1.93. The third-order valence-electron chi connectivity index (χ3n) is 14.7. The lowest BCUT2D eigenvalue weighted by atomic mass is 9.42. The molecule has 0 saturated heterocycles. The molecule has 284 valence electrons. The maximum Gasteiger partial charge on any atom is 0.333 e. The van der Waals surface area contributed by atoms with Crippen LogP contribution in [-0.4, -0.2) is 12.4 Å². The molecular formula is C53H53BN2S. The first-order valence-corrected chi connectivity index (χ1v) is 22.1. The molecule has 3 aliphatic heterocycles. The van der Waals surface area contributed by atoms with Crippen molar-refractivity contribution < 1.29 is 0 Å². The van der Waals surface area contributed by atoms with Crippen LogP contribution in [0.2, 0.25) is 0 Å². The van der Waals surface area contributed by atoms with Gasteiger partial charge < -0.3 is 9.71 Å². The van der Waals surface area contributed by atoms with Crippen LogP contribution in [-0.2, 0) is 16.2 Å². The van der Waals surface area contributed by atoms with Crippen molar-refractivity contribution >= 4 is 72.0 Å². The van der Waals surface area contributed by atoms with Gasteiger partial charge in [0.25, 0.3) is 0 Å². The minimum atomic E-state index is -0.0267. The molecule has 0 radical (unpaired) electrons. The predicted octanol–water partition coefficient (Wildman–Crippen LogP) is 13.6. The molecule has 0 spiro atoms. The van der Waals surface area contributed by atoms with Crippen LogP contribution in [0, 0.1) is 6.92 Å². The van der Waals surface area contributed by atoms with Gasteiger partial charge in [0, 0.05) is 59.5 Å². The highest BCUT2D eigenvalue weighted by Crippen LogP contribution is 2.63. The Kier molecular flexibility index (Phi) is 7.24. The summed E-state index contributed by atoms with van der Waals surface area (Å²) < 4.78 is 2.71. The van der Waals surface area contributed by atoms with Gasteiger partial charge >= 0.3 is 6.85 Å². The van der Waals surface area contributed by atoms with Gasteiger partial charge in [0.2, 0.25) is 0 Å². The van der Waals surface area contributed by atoms with E-state index in [-0.39, 0.29) is 28.6 Å². The summed E-state index contributed by atoms with van der Waals surface area (Å²) in [6.45, 7) is 21.8. The number of hydrogen-bond acceptors (Lipinski definition) is 3. The number of thiophene rings is 1. The Morgan fingerprint density at radius 3 is 2.14 bits per heavy atom. The third-order valence-corrected chi connectivity index (χ3v) is 15.9. The van der Waals surface area contributed by atoms with Crippen LogP contribution in [0.1, 0.15) is 103 Å². The van der Waals surface area contributed by atoms with Gasteiger partial charge in [-0.25, -0.2) is 0 Å². The number of fused-ring (bicyclic) bond motifs is 11. The van der Waals surface area contributed by atoms with Gasteiger partial charge in [-0.3, -0.25) is 0 Å². The minimum Gasteiger partial charge on any atom is -0.376 e. The van der Waals surface area contributed by atoms with Crippen molar-refractivity contribution in [1.82, 2.24) is 0 Å². The molecule has 0 bridgehead atoms. The van der Waals surface area contributed by atoms with Gasteiger partial charge in [0.15, 0.2) is 0 Å². The summed E-state index contributed by atoms with van der Waals surface area (Å²) in [6, 6.07) is 42.9. The molecule has 0 N–H and O–H groups in total. The highest BCUT2D eigenvalue weighted by molar-refractivity contribution is 7.26. The normalized spacial score (nSPS) is 20.8. The Hall–Kier alpha value is -4.80. The average Bonchev–Trinajstić information content (AvgIpc) is 3.66. The first kappa shape index (κ1) is 35.4. The van der Waals surface area contributed by atoms with Crippen molar-refractivity contribution in [2.45, 2.75) is 110 Å². The van der Waals surface area contributed by atoms with Crippen molar-refractivity contribution in [2.75, 3.05) is 9.71 Å². The fourth-order valence-electron chi connectivity index (χ4n) is 11.5. The Balaban J connectivity index is 1.33. The molecule has 0 amide bonds. The molecule has 57 heavy (non-hydrogen) atoms. The van der Waals surface area contributed by atoms with Gasteiger partial charge in [-0.1, -0.05) is 134 Å². The van der Waals surface area contributed by atoms with Gasteiger partial charge in [0.05, 0.1) is 5.54 Å². The second kappa shape index (κ2) is 11.7. The zero-order valence-corrected chi connectivity index (χ0v) is 35.9. The van der Waals surface area contributed by atoms with E-state index in [4.69, 9.17) is 0 Å². The summed E-state index contributed by atoms with van der Waals surface area (Å²) in [4.78, 5) is 5.69. The zero-order chi connectivity index (χ0) is 39.4. The topological polar surface area (TPSA) is 6.48 Å². The molecular weight excluding hydrogens is 707 g/mol. The molecule has 6 aromatic carbocycles. The molecule has 7 aromatic rings. The van der Waals surface area contributed by atoms with Gasteiger partial charge in [-0.2, -0.15) is 0 Å². The number of anilines is 4. The maximum atomic E-state index is 2.89. The third kappa shape index (κ3) is 4.71. The number of benzene rings is 6. The average molecular weight is 761 g/mol. The standard InChI is InChI=1S/C53H53BN2S/c1-32-27-38-46-42(23-24-45-47(46)36-19-13-14-20-44(36)57-45)56(41-22-21-34(50(2,3)4)29-37(41)33-17-11-10-12-18-33)54-40-31-35(51(5,6)7)30-39-49(40)55(43(28-32)48(38)54)53(9)26-16-15-25-52(39,53)8/h10-14,17-24,27-31H,15-16,25-26H2,1-9H3. The van der Waals surface area contributed by atoms with Gasteiger partial charge in [-0.05, 0) is 118 Å². The van der Waals surface area contributed by atoms with E-state index in [0.717, 1.165) is 0 Å². The van der Waals surface area contributed by atoms with Crippen LogP contribution in [0.15, 0.2) is 109 Å². The van der Waals surface area contributed by atoms with Crippen LogP contribution in [0.4, 0.5) is 22.7 Å². The van der Waals surface area contributed by atoms with Crippen molar-refractivity contribution in [3.63, 3.8) is 0 Å². The highest BCUT2D eigenvalue weighted by atomic mass is 32.1. The van der Waals surface area contributed by atoms with Gasteiger partial charge in [0.1, 0.15) is 0 Å². The Morgan fingerprint density at radius 1 is 0.649 bits per heavy atom. The van der Waals surface area contributed by atoms with E-state index in [1.54, 1.807) is 5.56 Å². The monoisotopic (exact) mass is 760 g/mol. The van der Waals surface area contributed by atoms with E-state index in [2.05, 4.69) is 181 Å². The van der Waals surface area contributed by atoms with E-state index in [1.807, 2.05) is 11.3 Å². The van der Waals surface area contributed by atoms with Crippen molar-refractivity contribution in [3.05, 3.63) is 131 Å². The van der Waals surface area contributed by atoms with E-state index >= 15 is 0 Å². The fourth-order valence-corrected chi connectivity index (χ4v) is 12.6. The van der Waals surface area contributed by atoms with E-state index in [1.165, 1.54) is 118 Å². The number of aryl methyl sites for hydroxylation is 1. The lowest BCUT2D eigenvalue weighted by molar-refractivity contribution is 0.195. The number of nitrogens with zero attached hydrogens (tertiary/aromatic N) is 2. The van der Waals surface area contributed by atoms with Crippen LogP contribution in [0.3, 0.4) is 0 Å². The SMILES string of the molecule is Cc1cc2c3c(c1)N1c4c(cc(C(C)(C)C)cc4C4(C)CCCCC14C)B3N(c1ccc(C(C)(C)C)cc1-c1ccccc1)c1ccc3sc4ccccc4c3c1-2. The smallest absolute Gasteiger partial charge is 0.333 e. The fraction of sp³-hybridized carbons (Fsp3) is 0.321. The van der Waals surface area contributed by atoms with Crippen molar-refractivity contribution in [2.24, 2.45) is 0 Å². The Morgan fingerprint density at radius 2 is 1.37 bits per heavy atom. The molecule has 1 fully saturated rings. The number of rotatable bonds is 2. The lowest BCUT2D eigenvalue weighted by Crippen LogP contribution is -2.64. The van der Waals surface area contributed by atoms with Crippen molar-refractivity contribution in [3.8, 4) is 22.3 Å². The first-order chi connectivity index (χ1) is 27.2. The molecule has 4 aliphatic rings. The highest BCUT2D eigenvalue weighted by Gasteiger charge is 2.62. The van der Waals surface area contributed by atoms with E-state index < -0.39 is 0 Å². The minimum absolute atomic E-state index is 0.000518. The predicted molar refractivity (Wildman–Crippen MR) is 249 cm³/mol. The summed E-state index contributed by atoms with van der Waals surface area (Å²) in [5.41, 5.74) is 19.5. The first-order valence-electron chi connectivity index (χ1n) is 21.3. The molecule has 2 atom stereocenters. The van der Waals surface area contributed by atoms with E-state index in [0.29, 0.717) is 0 Å². The molecule has 4 heteroatoms. The summed E-state index contributed by atoms with van der Waals surface area (Å²) in [5.74, 6) is 0. The molecule has 2 unspecified atom stereocenters. The number of hydrogen-bond donors (Lipinski definition) is 0. The molecule has 1 aromatic heterocycles. The second-order valence-corrected chi connectivity index (χ2v) is 21.2. The van der Waals surface area contributed by atoms with Crippen LogP contribution >= 0.6 is 11.3 Å². The van der Waals surface area contributed by atoms with E-state index in [9.17, 15) is 0 Å². The van der Waals surface area contributed by atoms with Gasteiger partial charge in [-0.15, -0.1) is 11.3 Å². The van der Waals surface area contributed by atoms with Crippen molar-refractivity contribution in [1.29, 1.82) is 0 Å². The van der Waals surface area contributed by atoms with Crippen LogP contribution in [0.5, 0.6) is 0 Å².